The predicted molar refractivity (Wildman–Crippen MR) is 50.4 cm³/mol. The first-order chi connectivity index (χ1) is 6.56. The minimum absolute atomic E-state index is 0.124. The Balaban J connectivity index is 2.51. The zero-order valence-electron chi connectivity index (χ0n) is 8.53. The van der Waals surface area contributed by atoms with Crippen molar-refractivity contribution in [2.75, 3.05) is 20.3 Å². The second-order valence-corrected chi connectivity index (χ2v) is 3.66. The Morgan fingerprint density at radius 2 is 2.29 bits per heavy atom. The summed E-state index contributed by atoms with van der Waals surface area (Å²) < 4.78 is 4.84. The van der Waals surface area contributed by atoms with E-state index in [0.29, 0.717) is 13.0 Å². The average Bonchev–Trinajstić information content (AvgIpc) is 2.33. The van der Waals surface area contributed by atoms with Crippen molar-refractivity contribution in [1.82, 2.24) is 4.90 Å². The number of ether oxygens (including phenoxy) is 1. The minimum Gasteiger partial charge on any atom is -0.383 e. The van der Waals surface area contributed by atoms with E-state index in [1.807, 2.05) is 0 Å². The lowest BCUT2D eigenvalue weighted by molar-refractivity contribution is -0.139. The molecule has 0 bridgehead atoms. The van der Waals surface area contributed by atoms with Gasteiger partial charge in [0.2, 0.25) is 11.8 Å². The van der Waals surface area contributed by atoms with E-state index >= 15 is 0 Å². The Hall–Kier alpha value is -0.940. The highest BCUT2D eigenvalue weighted by atomic mass is 16.5. The largest absolute Gasteiger partial charge is 0.383 e. The Morgan fingerprint density at radius 1 is 1.64 bits per heavy atom. The molecule has 2 amide bonds. The third-order valence-electron chi connectivity index (χ3n) is 2.27. The lowest BCUT2D eigenvalue weighted by Gasteiger charge is -2.18. The van der Waals surface area contributed by atoms with Crippen molar-refractivity contribution in [2.45, 2.75) is 19.4 Å². The third kappa shape index (κ3) is 2.30. The highest BCUT2D eigenvalue weighted by Gasteiger charge is 2.35. The molecule has 0 aromatic heterocycles. The monoisotopic (exact) mass is 200 g/mol. The summed E-state index contributed by atoms with van der Waals surface area (Å²) in [6, 6.07) is -0.293. The van der Waals surface area contributed by atoms with Crippen LogP contribution in [0.2, 0.25) is 0 Å². The first-order valence-electron chi connectivity index (χ1n) is 4.65. The smallest absolute Gasteiger partial charge is 0.232 e. The number of carbonyl (C=O) groups is 2. The number of nitrogens with zero attached hydrogens (tertiary/aromatic N) is 1. The highest BCUT2D eigenvalue weighted by Crippen LogP contribution is 2.18. The van der Waals surface area contributed by atoms with Gasteiger partial charge in [-0.25, -0.2) is 0 Å². The van der Waals surface area contributed by atoms with Crippen LogP contribution in [0.25, 0.3) is 0 Å². The summed E-state index contributed by atoms with van der Waals surface area (Å²) in [5.41, 5.74) is 5.66. The molecule has 1 aliphatic heterocycles. The molecule has 14 heavy (non-hydrogen) atoms. The van der Waals surface area contributed by atoms with E-state index in [2.05, 4.69) is 0 Å². The highest BCUT2D eigenvalue weighted by molar-refractivity contribution is 6.03. The number of methoxy groups -OCH3 is 1. The number of amides is 2. The number of carbonyl (C=O) groups excluding carboxylic acids is 2. The van der Waals surface area contributed by atoms with Crippen LogP contribution in [0.3, 0.4) is 0 Å². The van der Waals surface area contributed by atoms with E-state index in [1.54, 1.807) is 6.92 Å². The maximum absolute atomic E-state index is 11.5. The topological polar surface area (TPSA) is 72.6 Å². The molecule has 80 valence electrons. The Morgan fingerprint density at radius 3 is 2.71 bits per heavy atom. The van der Waals surface area contributed by atoms with Crippen molar-refractivity contribution < 1.29 is 14.3 Å². The number of likely N-dealkylation sites (tertiary alicyclic amines) is 1. The van der Waals surface area contributed by atoms with Gasteiger partial charge in [0.1, 0.15) is 0 Å². The average molecular weight is 200 g/mol. The molecule has 2 atom stereocenters. The van der Waals surface area contributed by atoms with Gasteiger partial charge < -0.3 is 10.5 Å². The van der Waals surface area contributed by atoms with Crippen LogP contribution in [0.5, 0.6) is 0 Å². The Labute approximate surface area is 83.2 Å². The fourth-order valence-electron chi connectivity index (χ4n) is 1.54. The van der Waals surface area contributed by atoms with Gasteiger partial charge in [0.25, 0.3) is 0 Å². The molecular weight excluding hydrogens is 184 g/mol. The standard InChI is InChI=1S/C9H16N2O3/c1-6-3-8(12)11(9(6)13)4-7(10)5-14-2/h6-7H,3-5,10H2,1-2H3. The molecule has 2 unspecified atom stereocenters. The second kappa shape index (κ2) is 4.52. The van der Waals surface area contributed by atoms with Crippen molar-refractivity contribution in [2.24, 2.45) is 11.7 Å². The molecule has 2 N–H and O–H groups in total. The summed E-state index contributed by atoms with van der Waals surface area (Å²) in [6.07, 6.45) is 0.304. The van der Waals surface area contributed by atoms with E-state index in [1.165, 1.54) is 12.0 Å². The molecule has 1 saturated heterocycles. The van der Waals surface area contributed by atoms with E-state index in [4.69, 9.17) is 10.5 Å². The van der Waals surface area contributed by atoms with Crippen LogP contribution in [-0.4, -0.2) is 43.0 Å². The minimum atomic E-state index is -0.293. The van der Waals surface area contributed by atoms with Crippen LogP contribution < -0.4 is 5.73 Å². The van der Waals surface area contributed by atoms with Gasteiger partial charge in [-0.3, -0.25) is 14.5 Å². The number of imide groups is 1. The fraction of sp³-hybridized carbons (Fsp3) is 0.778. The molecule has 1 aliphatic rings. The molecule has 0 aliphatic carbocycles. The number of hydrogen-bond acceptors (Lipinski definition) is 4. The Kier molecular flexibility index (Phi) is 3.60. The fourth-order valence-corrected chi connectivity index (χ4v) is 1.54. The van der Waals surface area contributed by atoms with Gasteiger partial charge in [0, 0.05) is 32.0 Å². The number of hydrogen-bond donors (Lipinski definition) is 1. The predicted octanol–water partition coefficient (Wildman–Crippen LogP) is -0.645. The maximum Gasteiger partial charge on any atom is 0.232 e. The van der Waals surface area contributed by atoms with Crippen LogP contribution in [0.4, 0.5) is 0 Å². The molecule has 1 rings (SSSR count). The zero-order chi connectivity index (χ0) is 10.7. The molecular formula is C9H16N2O3. The van der Waals surface area contributed by atoms with Crippen LogP contribution in [0, 0.1) is 5.92 Å². The first-order valence-corrected chi connectivity index (χ1v) is 4.65. The maximum atomic E-state index is 11.5. The quantitative estimate of drug-likeness (QED) is 0.612. The summed E-state index contributed by atoms with van der Waals surface area (Å²) in [5.74, 6) is -0.451. The summed E-state index contributed by atoms with van der Waals surface area (Å²) in [5, 5.41) is 0. The molecule has 0 aromatic rings. The van der Waals surface area contributed by atoms with Gasteiger partial charge in [0.15, 0.2) is 0 Å². The van der Waals surface area contributed by atoms with Crippen LogP contribution in [0.1, 0.15) is 13.3 Å². The van der Waals surface area contributed by atoms with Gasteiger partial charge in [-0.2, -0.15) is 0 Å². The molecule has 0 radical (unpaired) electrons. The molecule has 5 heteroatoms. The second-order valence-electron chi connectivity index (χ2n) is 3.66. The van der Waals surface area contributed by atoms with Crippen molar-refractivity contribution in [1.29, 1.82) is 0 Å². The number of nitrogens with two attached hydrogens (primary N) is 1. The summed E-state index contributed by atoms with van der Waals surface area (Å²) in [6.45, 7) is 2.36. The van der Waals surface area contributed by atoms with E-state index in [9.17, 15) is 9.59 Å². The van der Waals surface area contributed by atoms with Gasteiger partial charge in [0.05, 0.1) is 6.61 Å². The molecule has 0 aromatic carbocycles. The summed E-state index contributed by atoms with van der Waals surface area (Å²) >= 11 is 0. The van der Waals surface area contributed by atoms with E-state index in [-0.39, 0.29) is 30.3 Å². The van der Waals surface area contributed by atoms with E-state index in [0.717, 1.165) is 0 Å². The van der Waals surface area contributed by atoms with Gasteiger partial charge in [-0.05, 0) is 0 Å². The molecule has 1 heterocycles. The van der Waals surface area contributed by atoms with Crippen molar-refractivity contribution in [3.8, 4) is 0 Å². The van der Waals surface area contributed by atoms with E-state index < -0.39 is 0 Å². The van der Waals surface area contributed by atoms with Crippen LogP contribution in [0.15, 0.2) is 0 Å². The summed E-state index contributed by atoms with van der Waals surface area (Å²) in [7, 11) is 1.54. The van der Waals surface area contributed by atoms with Crippen molar-refractivity contribution in [3.05, 3.63) is 0 Å². The molecule has 1 fully saturated rings. The van der Waals surface area contributed by atoms with Crippen molar-refractivity contribution >= 4 is 11.8 Å². The first kappa shape index (κ1) is 11.1. The molecule has 0 spiro atoms. The lowest BCUT2D eigenvalue weighted by atomic mass is 10.1. The van der Waals surface area contributed by atoms with Gasteiger partial charge in [-0.1, -0.05) is 6.92 Å². The molecule has 5 nitrogen and oxygen atoms in total. The van der Waals surface area contributed by atoms with Gasteiger partial charge >= 0.3 is 0 Å². The summed E-state index contributed by atoms with van der Waals surface area (Å²) in [4.78, 5) is 24.0. The van der Waals surface area contributed by atoms with Crippen molar-refractivity contribution in [3.63, 3.8) is 0 Å². The Bertz CT molecular complexity index is 242. The van der Waals surface area contributed by atoms with Crippen LogP contribution in [-0.2, 0) is 14.3 Å². The molecule has 0 saturated carbocycles. The SMILES string of the molecule is COCC(N)CN1C(=O)CC(C)C1=O. The van der Waals surface area contributed by atoms with Crippen LogP contribution >= 0.6 is 0 Å². The third-order valence-corrected chi connectivity index (χ3v) is 2.27. The zero-order valence-corrected chi connectivity index (χ0v) is 8.53. The van der Waals surface area contributed by atoms with Gasteiger partial charge in [-0.15, -0.1) is 0 Å². The lowest BCUT2D eigenvalue weighted by Crippen LogP contribution is -2.43. The number of rotatable bonds is 4. The normalized spacial score (nSPS) is 24.5.